The first kappa shape index (κ1) is 12.6. The average Bonchev–Trinajstić information content (AvgIpc) is 2.90. The van der Waals surface area contributed by atoms with Crippen molar-refractivity contribution in [1.82, 2.24) is 25.2 Å². The Bertz CT molecular complexity index is 529. The summed E-state index contributed by atoms with van der Waals surface area (Å²) in [4.78, 5) is 0. The Labute approximate surface area is 113 Å². The Morgan fingerprint density at radius 2 is 2.42 bits per heavy atom. The molecule has 1 aliphatic heterocycles. The van der Waals surface area contributed by atoms with E-state index < -0.39 is 0 Å². The maximum absolute atomic E-state index is 4.29. The van der Waals surface area contributed by atoms with Gasteiger partial charge in [-0.3, -0.25) is 4.40 Å². The number of fused-ring (bicyclic) bond motifs is 1. The van der Waals surface area contributed by atoms with Gasteiger partial charge in [-0.15, -0.1) is 10.2 Å². The predicted octanol–water partition coefficient (Wildman–Crippen LogP) is 1.38. The van der Waals surface area contributed by atoms with Crippen LogP contribution in [0.2, 0.25) is 0 Å². The first-order valence-corrected chi connectivity index (χ1v) is 7.08. The van der Waals surface area contributed by atoms with E-state index >= 15 is 0 Å². The second-order valence-corrected chi connectivity index (χ2v) is 5.33. The highest BCUT2D eigenvalue weighted by Gasteiger charge is 2.16. The Kier molecular flexibility index (Phi) is 3.75. The highest BCUT2D eigenvalue weighted by Crippen LogP contribution is 2.14. The molecular weight excluding hydrogens is 238 g/mol. The zero-order chi connectivity index (χ0) is 13.1. The van der Waals surface area contributed by atoms with Gasteiger partial charge in [0.05, 0.1) is 6.04 Å². The Hall–Kier alpha value is -1.46. The van der Waals surface area contributed by atoms with Crippen LogP contribution in [0.15, 0.2) is 24.4 Å². The number of aromatic nitrogens is 3. The van der Waals surface area contributed by atoms with Gasteiger partial charge in [0, 0.05) is 6.20 Å². The van der Waals surface area contributed by atoms with Crippen molar-refractivity contribution >= 4 is 5.65 Å². The molecule has 2 atom stereocenters. The third-order valence-corrected chi connectivity index (χ3v) is 3.84. The third-order valence-electron chi connectivity index (χ3n) is 3.84. The highest BCUT2D eigenvalue weighted by molar-refractivity contribution is 5.37. The van der Waals surface area contributed by atoms with Crippen LogP contribution in [0.25, 0.3) is 5.65 Å². The summed E-state index contributed by atoms with van der Waals surface area (Å²) in [5.41, 5.74) is 0.908. The molecule has 3 heterocycles. The lowest BCUT2D eigenvalue weighted by Gasteiger charge is -2.24. The van der Waals surface area contributed by atoms with Crippen LogP contribution in [0.4, 0.5) is 0 Å². The second kappa shape index (κ2) is 5.67. The molecule has 2 aromatic heterocycles. The molecule has 5 nitrogen and oxygen atoms in total. The van der Waals surface area contributed by atoms with E-state index in [4.69, 9.17) is 0 Å². The Balaban J connectivity index is 1.64. The van der Waals surface area contributed by atoms with Crippen LogP contribution in [0.5, 0.6) is 0 Å². The van der Waals surface area contributed by atoms with Crippen LogP contribution in [0.1, 0.15) is 31.6 Å². The molecule has 1 saturated heterocycles. The number of pyridine rings is 1. The molecule has 0 aliphatic carbocycles. The zero-order valence-electron chi connectivity index (χ0n) is 11.3. The van der Waals surface area contributed by atoms with E-state index in [9.17, 15) is 0 Å². The average molecular weight is 259 g/mol. The lowest BCUT2D eigenvalue weighted by atomic mass is 9.99. The summed E-state index contributed by atoms with van der Waals surface area (Å²) >= 11 is 0. The van der Waals surface area contributed by atoms with Crippen LogP contribution in [0.3, 0.4) is 0 Å². The monoisotopic (exact) mass is 259 g/mol. The Morgan fingerprint density at radius 3 is 3.26 bits per heavy atom. The number of nitrogens with one attached hydrogen (secondary N) is 2. The summed E-state index contributed by atoms with van der Waals surface area (Å²) in [6.07, 6.45) is 4.62. The molecule has 2 N–H and O–H groups in total. The maximum Gasteiger partial charge on any atom is 0.160 e. The van der Waals surface area contributed by atoms with Gasteiger partial charge in [0.1, 0.15) is 0 Å². The maximum atomic E-state index is 4.29. The van der Waals surface area contributed by atoms with Gasteiger partial charge in [0.25, 0.3) is 0 Å². The van der Waals surface area contributed by atoms with Gasteiger partial charge in [0.15, 0.2) is 11.5 Å². The van der Waals surface area contributed by atoms with E-state index in [1.54, 1.807) is 0 Å². The van der Waals surface area contributed by atoms with Crippen molar-refractivity contribution in [1.29, 1.82) is 0 Å². The van der Waals surface area contributed by atoms with Crippen LogP contribution in [0, 0.1) is 5.92 Å². The number of hydrogen-bond donors (Lipinski definition) is 2. The molecule has 2 aromatic rings. The summed E-state index contributed by atoms with van der Waals surface area (Å²) < 4.78 is 2.05. The van der Waals surface area contributed by atoms with Crippen molar-refractivity contribution in [3.05, 3.63) is 30.2 Å². The zero-order valence-corrected chi connectivity index (χ0v) is 11.3. The lowest BCUT2D eigenvalue weighted by Crippen LogP contribution is -2.37. The molecule has 1 fully saturated rings. The molecule has 0 saturated carbocycles. The van der Waals surface area contributed by atoms with Gasteiger partial charge in [-0.25, -0.2) is 0 Å². The van der Waals surface area contributed by atoms with E-state index in [0.29, 0.717) is 0 Å². The molecule has 0 aromatic carbocycles. The largest absolute Gasteiger partial charge is 0.316 e. The standard InChI is InChI=1S/C14H21N5/c1-11(16-10-12-5-4-7-15-9-12)14-18-17-13-6-2-3-8-19(13)14/h2-3,6,8,11-12,15-16H,4-5,7,9-10H2,1H3. The molecule has 0 amide bonds. The van der Waals surface area contributed by atoms with Crippen LogP contribution in [-0.2, 0) is 0 Å². The van der Waals surface area contributed by atoms with Crippen molar-refractivity contribution in [2.45, 2.75) is 25.8 Å². The lowest BCUT2D eigenvalue weighted by molar-refractivity contribution is 0.345. The normalized spacial score (nSPS) is 21.6. The minimum Gasteiger partial charge on any atom is -0.316 e. The molecule has 0 radical (unpaired) electrons. The van der Waals surface area contributed by atoms with Crippen molar-refractivity contribution in [3.63, 3.8) is 0 Å². The van der Waals surface area contributed by atoms with Crippen LogP contribution >= 0.6 is 0 Å². The van der Waals surface area contributed by atoms with E-state index in [2.05, 4.69) is 32.2 Å². The molecule has 0 spiro atoms. The van der Waals surface area contributed by atoms with E-state index in [1.807, 2.05) is 24.4 Å². The van der Waals surface area contributed by atoms with Crippen molar-refractivity contribution in [2.24, 2.45) is 5.92 Å². The summed E-state index contributed by atoms with van der Waals surface area (Å²) in [7, 11) is 0. The van der Waals surface area contributed by atoms with Gasteiger partial charge >= 0.3 is 0 Å². The minimum atomic E-state index is 0.222. The highest BCUT2D eigenvalue weighted by atomic mass is 15.3. The smallest absolute Gasteiger partial charge is 0.160 e. The molecule has 5 heteroatoms. The summed E-state index contributed by atoms with van der Waals surface area (Å²) in [5, 5.41) is 15.5. The second-order valence-electron chi connectivity index (χ2n) is 5.33. The first-order chi connectivity index (χ1) is 9.34. The fraction of sp³-hybridized carbons (Fsp3) is 0.571. The van der Waals surface area contributed by atoms with E-state index in [1.165, 1.54) is 19.4 Å². The number of hydrogen-bond acceptors (Lipinski definition) is 4. The summed E-state index contributed by atoms with van der Waals surface area (Å²) in [5.74, 6) is 1.72. The van der Waals surface area contributed by atoms with E-state index in [-0.39, 0.29) is 6.04 Å². The summed E-state index contributed by atoms with van der Waals surface area (Å²) in [6, 6.07) is 6.20. The van der Waals surface area contributed by atoms with Crippen molar-refractivity contribution < 1.29 is 0 Å². The minimum absolute atomic E-state index is 0.222. The van der Waals surface area contributed by atoms with Gasteiger partial charge in [-0.1, -0.05) is 6.07 Å². The molecule has 1 aliphatic rings. The quantitative estimate of drug-likeness (QED) is 0.871. The molecular formula is C14H21N5. The predicted molar refractivity (Wildman–Crippen MR) is 75.0 cm³/mol. The SMILES string of the molecule is CC(NCC1CCCNC1)c1nnc2ccccn12. The van der Waals surface area contributed by atoms with Crippen molar-refractivity contribution in [3.8, 4) is 0 Å². The van der Waals surface area contributed by atoms with Crippen LogP contribution < -0.4 is 10.6 Å². The molecule has 3 rings (SSSR count). The van der Waals surface area contributed by atoms with Gasteiger partial charge < -0.3 is 10.6 Å². The van der Waals surface area contributed by atoms with Gasteiger partial charge in [0.2, 0.25) is 0 Å². The Morgan fingerprint density at radius 1 is 1.47 bits per heavy atom. The molecule has 0 bridgehead atoms. The third kappa shape index (κ3) is 2.77. The van der Waals surface area contributed by atoms with Crippen molar-refractivity contribution in [2.75, 3.05) is 19.6 Å². The summed E-state index contributed by atoms with van der Waals surface area (Å²) in [6.45, 7) is 5.48. The molecule has 2 unspecified atom stereocenters. The number of rotatable bonds is 4. The molecule has 102 valence electrons. The topological polar surface area (TPSA) is 54.2 Å². The molecule has 19 heavy (non-hydrogen) atoms. The fourth-order valence-electron chi connectivity index (χ4n) is 2.69. The fourth-order valence-corrected chi connectivity index (χ4v) is 2.69. The van der Waals surface area contributed by atoms with E-state index in [0.717, 1.165) is 30.5 Å². The van der Waals surface area contributed by atoms with Gasteiger partial charge in [-0.2, -0.15) is 0 Å². The first-order valence-electron chi connectivity index (χ1n) is 7.08. The van der Waals surface area contributed by atoms with Crippen LogP contribution in [-0.4, -0.2) is 34.2 Å². The van der Waals surface area contributed by atoms with Gasteiger partial charge in [-0.05, 0) is 57.5 Å². The number of nitrogens with zero attached hydrogens (tertiary/aromatic N) is 3. The number of piperidine rings is 1.